The average Bonchev–Trinajstić information content (AvgIpc) is 2.55. The van der Waals surface area contributed by atoms with E-state index in [2.05, 4.69) is 4.90 Å². The summed E-state index contributed by atoms with van der Waals surface area (Å²) in [6, 6.07) is 5.35. The van der Waals surface area contributed by atoms with Gasteiger partial charge < -0.3 is 9.64 Å². The molecule has 2 aromatic rings. The van der Waals surface area contributed by atoms with Crippen LogP contribution in [0.1, 0.15) is 24.6 Å². The van der Waals surface area contributed by atoms with Crippen LogP contribution in [0.15, 0.2) is 23.0 Å². The molecule has 2 aliphatic rings. The first-order valence-electron chi connectivity index (χ1n) is 8.58. The standard InChI is InChI=1S/C18H22ClN3O2/c1-21-17(20-16-5-4-14(19)7-15(16)18(21)23)13-3-2-6-22(9-13)8-12-10-24-11-12/h4-5,7,12-13H,2-3,6,8-11H2,1H3/t13-/m1/s1. The summed E-state index contributed by atoms with van der Waals surface area (Å²) in [6.07, 6.45) is 2.23. The van der Waals surface area contributed by atoms with E-state index in [4.69, 9.17) is 21.3 Å². The lowest BCUT2D eigenvalue weighted by Crippen LogP contribution is -2.44. The summed E-state index contributed by atoms with van der Waals surface area (Å²) in [7, 11) is 1.82. The quantitative estimate of drug-likeness (QED) is 0.855. The van der Waals surface area contributed by atoms with E-state index in [1.807, 2.05) is 13.1 Å². The molecular weight excluding hydrogens is 326 g/mol. The van der Waals surface area contributed by atoms with E-state index in [0.29, 0.717) is 22.2 Å². The van der Waals surface area contributed by atoms with Gasteiger partial charge in [-0.2, -0.15) is 0 Å². The van der Waals surface area contributed by atoms with E-state index in [0.717, 1.165) is 57.0 Å². The summed E-state index contributed by atoms with van der Waals surface area (Å²) in [5.74, 6) is 1.86. The molecule has 2 fully saturated rings. The number of rotatable bonds is 3. The lowest BCUT2D eigenvalue weighted by molar-refractivity contribution is -0.0492. The molecule has 0 saturated carbocycles. The average molecular weight is 348 g/mol. The van der Waals surface area contributed by atoms with Crippen molar-refractivity contribution in [3.8, 4) is 0 Å². The second-order valence-electron chi connectivity index (χ2n) is 7.00. The van der Waals surface area contributed by atoms with Crippen molar-refractivity contribution in [3.05, 3.63) is 39.4 Å². The smallest absolute Gasteiger partial charge is 0.261 e. The fourth-order valence-corrected chi connectivity index (χ4v) is 3.98. The number of fused-ring (bicyclic) bond motifs is 1. The number of ether oxygens (including phenoxy) is 1. The lowest BCUT2D eigenvalue weighted by atomic mass is 9.95. The van der Waals surface area contributed by atoms with Crippen molar-refractivity contribution in [2.24, 2.45) is 13.0 Å². The van der Waals surface area contributed by atoms with Crippen LogP contribution in [0, 0.1) is 5.92 Å². The maximum absolute atomic E-state index is 12.7. The third-order valence-corrected chi connectivity index (χ3v) is 5.40. The van der Waals surface area contributed by atoms with Crippen molar-refractivity contribution >= 4 is 22.5 Å². The third kappa shape index (κ3) is 2.96. The van der Waals surface area contributed by atoms with Crippen molar-refractivity contribution < 1.29 is 4.74 Å². The van der Waals surface area contributed by atoms with Crippen LogP contribution >= 0.6 is 11.6 Å². The van der Waals surface area contributed by atoms with Crippen LogP contribution in [-0.2, 0) is 11.8 Å². The van der Waals surface area contributed by atoms with Crippen molar-refractivity contribution in [2.75, 3.05) is 32.8 Å². The van der Waals surface area contributed by atoms with E-state index in [1.54, 1.807) is 16.7 Å². The molecule has 5 nitrogen and oxygen atoms in total. The second-order valence-corrected chi connectivity index (χ2v) is 7.43. The summed E-state index contributed by atoms with van der Waals surface area (Å²) in [6.45, 7) is 4.96. The first-order chi connectivity index (χ1) is 11.6. The SMILES string of the molecule is Cn1c([C@@H]2CCCN(CC3COC3)C2)nc2ccc(Cl)cc2c1=O. The number of likely N-dealkylation sites (tertiary alicyclic amines) is 1. The largest absolute Gasteiger partial charge is 0.381 e. The molecule has 0 unspecified atom stereocenters. The van der Waals surface area contributed by atoms with Crippen LogP contribution in [0.5, 0.6) is 0 Å². The van der Waals surface area contributed by atoms with Gasteiger partial charge in [-0.1, -0.05) is 11.6 Å². The molecule has 0 aliphatic carbocycles. The minimum atomic E-state index is -0.0120. The Hall–Kier alpha value is -1.43. The molecule has 0 bridgehead atoms. The zero-order valence-electron chi connectivity index (χ0n) is 13.9. The van der Waals surface area contributed by atoms with Crippen molar-refractivity contribution in [2.45, 2.75) is 18.8 Å². The van der Waals surface area contributed by atoms with Crippen molar-refractivity contribution in [1.82, 2.24) is 14.5 Å². The Labute approximate surface area is 146 Å². The third-order valence-electron chi connectivity index (χ3n) is 5.17. The Morgan fingerprint density at radius 2 is 2.21 bits per heavy atom. The van der Waals surface area contributed by atoms with Crippen LogP contribution in [-0.4, -0.2) is 47.3 Å². The summed E-state index contributed by atoms with van der Waals surface area (Å²) in [5, 5.41) is 1.16. The highest BCUT2D eigenvalue weighted by Gasteiger charge is 2.28. The van der Waals surface area contributed by atoms with Crippen molar-refractivity contribution in [3.63, 3.8) is 0 Å². The Kier molecular flexibility index (Phi) is 4.33. The van der Waals surface area contributed by atoms with E-state index in [9.17, 15) is 4.79 Å². The minimum absolute atomic E-state index is 0.0120. The number of nitrogens with zero attached hydrogens (tertiary/aromatic N) is 3. The van der Waals surface area contributed by atoms with Gasteiger partial charge in [-0.05, 0) is 37.6 Å². The molecule has 1 aromatic carbocycles. The van der Waals surface area contributed by atoms with Gasteiger partial charge in [-0.25, -0.2) is 4.98 Å². The monoisotopic (exact) mass is 347 g/mol. The number of benzene rings is 1. The molecule has 1 atom stereocenters. The zero-order valence-corrected chi connectivity index (χ0v) is 14.6. The summed E-state index contributed by atoms with van der Waals surface area (Å²) in [4.78, 5) is 20.0. The first-order valence-corrected chi connectivity index (χ1v) is 8.96. The Morgan fingerprint density at radius 1 is 1.38 bits per heavy atom. The van der Waals surface area contributed by atoms with Gasteiger partial charge in [0.05, 0.1) is 24.1 Å². The second kappa shape index (κ2) is 6.47. The number of hydrogen-bond donors (Lipinski definition) is 0. The topological polar surface area (TPSA) is 47.4 Å². The van der Waals surface area contributed by atoms with Gasteiger partial charge in [0.25, 0.3) is 5.56 Å². The molecule has 0 N–H and O–H groups in total. The molecule has 1 aromatic heterocycles. The Bertz CT molecular complexity index is 816. The Balaban J connectivity index is 1.64. The van der Waals surface area contributed by atoms with Gasteiger partial charge >= 0.3 is 0 Å². The van der Waals surface area contributed by atoms with Gasteiger partial charge in [-0.3, -0.25) is 9.36 Å². The molecule has 0 radical (unpaired) electrons. The number of aromatic nitrogens is 2. The van der Waals surface area contributed by atoms with E-state index in [-0.39, 0.29) is 5.56 Å². The first kappa shape index (κ1) is 16.1. The van der Waals surface area contributed by atoms with Gasteiger partial charge in [0.15, 0.2) is 0 Å². The molecular formula is C18H22ClN3O2. The van der Waals surface area contributed by atoms with Gasteiger partial charge in [0.2, 0.25) is 0 Å². The fraction of sp³-hybridized carbons (Fsp3) is 0.556. The lowest BCUT2D eigenvalue weighted by Gasteiger charge is -2.37. The van der Waals surface area contributed by atoms with Gasteiger partial charge in [0.1, 0.15) is 5.82 Å². The molecule has 6 heteroatoms. The van der Waals surface area contributed by atoms with Crippen LogP contribution in [0.4, 0.5) is 0 Å². The number of piperidine rings is 1. The molecule has 4 rings (SSSR count). The molecule has 0 spiro atoms. The molecule has 3 heterocycles. The van der Waals surface area contributed by atoms with Gasteiger partial charge in [-0.15, -0.1) is 0 Å². The maximum Gasteiger partial charge on any atom is 0.261 e. The van der Waals surface area contributed by atoms with Crippen LogP contribution in [0.2, 0.25) is 5.02 Å². The molecule has 2 saturated heterocycles. The highest BCUT2D eigenvalue weighted by atomic mass is 35.5. The highest BCUT2D eigenvalue weighted by molar-refractivity contribution is 6.31. The predicted octanol–water partition coefficient (Wildman–Crippen LogP) is 2.41. The number of hydrogen-bond acceptors (Lipinski definition) is 4. The maximum atomic E-state index is 12.7. The summed E-state index contributed by atoms with van der Waals surface area (Å²) < 4.78 is 6.99. The van der Waals surface area contributed by atoms with Crippen LogP contribution in [0.3, 0.4) is 0 Å². The molecule has 128 valence electrons. The van der Waals surface area contributed by atoms with E-state index < -0.39 is 0 Å². The summed E-state index contributed by atoms with van der Waals surface area (Å²) in [5.41, 5.74) is 0.726. The van der Waals surface area contributed by atoms with Crippen LogP contribution < -0.4 is 5.56 Å². The van der Waals surface area contributed by atoms with E-state index in [1.165, 1.54) is 0 Å². The highest BCUT2D eigenvalue weighted by Crippen LogP contribution is 2.27. The van der Waals surface area contributed by atoms with Crippen LogP contribution in [0.25, 0.3) is 10.9 Å². The Morgan fingerprint density at radius 3 is 2.96 bits per heavy atom. The number of halogens is 1. The summed E-state index contributed by atoms with van der Waals surface area (Å²) >= 11 is 6.03. The fourth-order valence-electron chi connectivity index (χ4n) is 3.81. The normalized spacial score (nSPS) is 22.7. The van der Waals surface area contributed by atoms with Gasteiger partial charge in [0, 0.05) is 37.0 Å². The zero-order chi connectivity index (χ0) is 16.7. The van der Waals surface area contributed by atoms with E-state index >= 15 is 0 Å². The predicted molar refractivity (Wildman–Crippen MR) is 94.7 cm³/mol. The van der Waals surface area contributed by atoms with Crippen molar-refractivity contribution in [1.29, 1.82) is 0 Å². The molecule has 24 heavy (non-hydrogen) atoms. The molecule has 0 amide bonds. The minimum Gasteiger partial charge on any atom is -0.381 e. The molecule has 2 aliphatic heterocycles.